The molecule has 21 heavy (non-hydrogen) atoms. The highest BCUT2D eigenvalue weighted by molar-refractivity contribution is 5.92. The number of rotatable bonds is 6. The lowest BCUT2D eigenvalue weighted by atomic mass is 10.2. The molecule has 0 radical (unpaired) electrons. The van der Waals surface area contributed by atoms with Crippen LogP contribution in [0.15, 0.2) is 42.6 Å². The van der Waals surface area contributed by atoms with E-state index >= 15 is 0 Å². The largest absolute Gasteiger partial charge is 0.354 e. The van der Waals surface area contributed by atoms with Gasteiger partial charge >= 0.3 is 0 Å². The summed E-state index contributed by atoms with van der Waals surface area (Å²) in [6, 6.07) is 11.7. The molecule has 1 heterocycles. The van der Waals surface area contributed by atoms with Gasteiger partial charge in [-0.15, -0.1) is 0 Å². The van der Waals surface area contributed by atoms with Crippen LogP contribution in [-0.4, -0.2) is 17.4 Å². The number of aryl methyl sites for hydroxylation is 1. The van der Waals surface area contributed by atoms with E-state index in [9.17, 15) is 4.79 Å². The van der Waals surface area contributed by atoms with E-state index in [1.807, 2.05) is 31.2 Å². The van der Waals surface area contributed by atoms with Gasteiger partial charge in [-0.25, -0.2) is 4.98 Å². The number of hydrogen-bond donors (Lipinski definition) is 2. The minimum Gasteiger partial charge on any atom is -0.354 e. The molecule has 1 amide bonds. The van der Waals surface area contributed by atoms with Crippen LogP contribution in [-0.2, 0) is 0 Å². The number of hydrogen-bond acceptors (Lipinski definition) is 3. The molecule has 0 saturated carbocycles. The SMILES string of the molecule is CCCCNC(=O)c1ccc(Nc2cccc(C)c2)cn1. The van der Waals surface area contributed by atoms with Crippen molar-refractivity contribution in [2.24, 2.45) is 0 Å². The number of pyridine rings is 1. The highest BCUT2D eigenvalue weighted by Crippen LogP contribution is 2.16. The number of unbranched alkanes of at least 4 members (excludes halogenated alkanes) is 1. The summed E-state index contributed by atoms with van der Waals surface area (Å²) < 4.78 is 0. The summed E-state index contributed by atoms with van der Waals surface area (Å²) in [5, 5.41) is 6.12. The van der Waals surface area contributed by atoms with Crippen LogP contribution in [0, 0.1) is 6.92 Å². The van der Waals surface area contributed by atoms with Crippen molar-refractivity contribution < 1.29 is 4.79 Å². The summed E-state index contributed by atoms with van der Waals surface area (Å²) >= 11 is 0. The first kappa shape index (κ1) is 15.0. The van der Waals surface area contributed by atoms with Crippen LogP contribution in [0.5, 0.6) is 0 Å². The van der Waals surface area contributed by atoms with Gasteiger partial charge in [-0.3, -0.25) is 4.79 Å². The van der Waals surface area contributed by atoms with E-state index in [1.165, 1.54) is 5.56 Å². The fraction of sp³-hybridized carbons (Fsp3) is 0.294. The lowest BCUT2D eigenvalue weighted by Crippen LogP contribution is -2.25. The second kappa shape index (κ2) is 7.43. The lowest BCUT2D eigenvalue weighted by Gasteiger charge is -2.08. The monoisotopic (exact) mass is 283 g/mol. The lowest BCUT2D eigenvalue weighted by molar-refractivity contribution is 0.0948. The number of aromatic nitrogens is 1. The molecule has 0 fully saturated rings. The van der Waals surface area contributed by atoms with Crippen molar-refractivity contribution in [1.29, 1.82) is 0 Å². The summed E-state index contributed by atoms with van der Waals surface area (Å²) in [6.07, 6.45) is 3.73. The average Bonchev–Trinajstić information content (AvgIpc) is 2.48. The molecule has 4 heteroatoms. The van der Waals surface area contributed by atoms with Gasteiger partial charge in [0, 0.05) is 12.2 Å². The van der Waals surface area contributed by atoms with E-state index in [1.54, 1.807) is 12.3 Å². The number of nitrogens with one attached hydrogen (secondary N) is 2. The highest BCUT2D eigenvalue weighted by atomic mass is 16.1. The van der Waals surface area contributed by atoms with Gasteiger partial charge in [-0.1, -0.05) is 25.5 Å². The van der Waals surface area contributed by atoms with Gasteiger partial charge in [0.15, 0.2) is 0 Å². The molecule has 2 N–H and O–H groups in total. The smallest absolute Gasteiger partial charge is 0.269 e. The molecule has 1 aromatic heterocycles. The Morgan fingerprint density at radius 1 is 1.19 bits per heavy atom. The maximum atomic E-state index is 11.8. The molecule has 4 nitrogen and oxygen atoms in total. The number of amides is 1. The quantitative estimate of drug-likeness (QED) is 0.795. The van der Waals surface area contributed by atoms with Crippen LogP contribution < -0.4 is 10.6 Å². The molecule has 2 rings (SSSR count). The van der Waals surface area contributed by atoms with E-state index in [-0.39, 0.29) is 5.91 Å². The van der Waals surface area contributed by atoms with Gasteiger partial charge in [-0.2, -0.15) is 0 Å². The van der Waals surface area contributed by atoms with Crippen molar-refractivity contribution >= 4 is 17.3 Å². The van der Waals surface area contributed by atoms with Crippen LogP contribution in [0.25, 0.3) is 0 Å². The first-order chi connectivity index (χ1) is 10.2. The molecular weight excluding hydrogens is 262 g/mol. The summed E-state index contributed by atoms with van der Waals surface area (Å²) in [5.74, 6) is -0.120. The molecule has 0 spiro atoms. The first-order valence-corrected chi connectivity index (χ1v) is 7.27. The molecule has 0 aliphatic rings. The molecule has 110 valence electrons. The van der Waals surface area contributed by atoms with Gasteiger partial charge in [-0.05, 0) is 43.2 Å². The predicted molar refractivity (Wildman–Crippen MR) is 85.9 cm³/mol. The fourth-order valence-electron chi connectivity index (χ4n) is 1.96. The summed E-state index contributed by atoms with van der Waals surface area (Å²) in [5.41, 5.74) is 3.52. The van der Waals surface area contributed by atoms with Gasteiger partial charge in [0.05, 0.1) is 11.9 Å². The van der Waals surface area contributed by atoms with Crippen molar-refractivity contribution in [2.75, 3.05) is 11.9 Å². The number of carbonyl (C=O) groups excluding carboxylic acids is 1. The Morgan fingerprint density at radius 2 is 2.05 bits per heavy atom. The zero-order chi connectivity index (χ0) is 15.1. The second-order valence-corrected chi connectivity index (χ2v) is 5.04. The first-order valence-electron chi connectivity index (χ1n) is 7.27. The van der Waals surface area contributed by atoms with Crippen molar-refractivity contribution in [3.63, 3.8) is 0 Å². The van der Waals surface area contributed by atoms with Crippen LogP contribution >= 0.6 is 0 Å². The van der Waals surface area contributed by atoms with Gasteiger partial charge in [0.1, 0.15) is 5.69 Å². The highest BCUT2D eigenvalue weighted by Gasteiger charge is 2.06. The van der Waals surface area contributed by atoms with Crippen molar-refractivity contribution in [1.82, 2.24) is 10.3 Å². The number of nitrogens with zero attached hydrogens (tertiary/aromatic N) is 1. The molecule has 1 aromatic carbocycles. The molecule has 0 unspecified atom stereocenters. The third-order valence-electron chi connectivity index (χ3n) is 3.12. The van der Waals surface area contributed by atoms with Gasteiger partial charge in [0.2, 0.25) is 0 Å². The standard InChI is InChI=1S/C17H21N3O/c1-3-4-10-18-17(21)16-9-8-15(12-19-16)20-14-7-5-6-13(2)11-14/h5-9,11-12,20H,3-4,10H2,1-2H3,(H,18,21). The van der Waals surface area contributed by atoms with E-state index in [2.05, 4.69) is 28.6 Å². The van der Waals surface area contributed by atoms with E-state index in [0.29, 0.717) is 12.2 Å². The van der Waals surface area contributed by atoms with Crippen molar-refractivity contribution in [3.05, 3.63) is 53.9 Å². The summed E-state index contributed by atoms with van der Waals surface area (Å²) in [4.78, 5) is 16.0. The molecule has 0 bridgehead atoms. The molecule has 2 aromatic rings. The molecule has 0 aliphatic carbocycles. The van der Waals surface area contributed by atoms with E-state index in [4.69, 9.17) is 0 Å². The molecule has 0 aliphatic heterocycles. The zero-order valence-corrected chi connectivity index (χ0v) is 12.5. The Labute approximate surface area is 125 Å². The molecular formula is C17H21N3O. The Morgan fingerprint density at radius 3 is 2.71 bits per heavy atom. The van der Waals surface area contributed by atoms with Gasteiger partial charge < -0.3 is 10.6 Å². The maximum absolute atomic E-state index is 11.8. The number of benzene rings is 1. The van der Waals surface area contributed by atoms with Crippen LogP contribution in [0.3, 0.4) is 0 Å². The Balaban J connectivity index is 1.97. The summed E-state index contributed by atoms with van der Waals surface area (Å²) in [6.45, 7) is 4.84. The number of carbonyl (C=O) groups is 1. The minimum atomic E-state index is -0.120. The maximum Gasteiger partial charge on any atom is 0.269 e. The van der Waals surface area contributed by atoms with Crippen LogP contribution in [0.1, 0.15) is 35.8 Å². The fourth-order valence-corrected chi connectivity index (χ4v) is 1.96. The van der Waals surface area contributed by atoms with E-state index < -0.39 is 0 Å². The second-order valence-electron chi connectivity index (χ2n) is 5.04. The zero-order valence-electron chi connectivity index (χ0n) is 12.5. The van der Waals surface area contributed by atoms with Gasteiger partial charge in [0.25, 0.3) is 5.91 Å². The minimum absolute atomic E-state index is 0.120. The molecule has 0 atom stereocenters. The summed E-state index contributed by atoms with van der Waals surface area (Å²) in [7, 11) is 0. The molecule has 0 saturated heterocycles. The van der Waals surface area contributed by atoms with E-state index in [0.717, 1.165) is 24.2 Å². The third-order valence-corrected chi connectivity index (χ3v) is 3.12. The Kier molecular flexibility index (Phi) is 5.32. The topological polar surface area (TPSA) is 54.0 Å². The van der Waals surface area contributed by atoms with Crippen molar-refractivity contribution in [3.8, 4) is 0 Å². The Bertz CT molecular complexity index is 593. The predicted octanol–water partition coefficient (Wildman–Crippen LogP) is 3.66. The third kappa shape index (κ3) is 4.60. The normalized spacial score (nSPS) is 10.2. The van der Waals surface area contributed by atoms with Crippen LogP contribution in [0.2, 0.25) is 0 Å². The average molecular weight is 283 g/mol. The Hall–Kier alpha value is -2.36. The van der Waals surface area contributed by atoms with Crippen LogP contribution in [0.4, 0.5) is 11.4 Å². The number of anilines is 2. The van der Waals surface area contributed by atoms with Crippen molar-refractivity contribution in [2.45, 2.75) is 26.7 Å².